The predicted octanol–water partition coefficient (Wildman–Crippen LogP) is 1.52. The van der Waals surface area contributed by atoms with E-state index < -0.39 is 5.54 Å². The Labute approximate surface area is 111 Å². The number of nitrogens with zero attached hydrogens (tertiary/aromatic N) is 2. The van der Waals surface area contributed by atoms with Crippen LogP contribution in [0.5, 0.6) is 5.75 Å². The lowest BCUT2D eigenvalue weighted by Crippen LogP contribution is -2.29. The molecule has 1 heterocycles. The van der Waals surface area contributed by atoms with Crippen LogP contribution in [0.25, 0.3) is 0 Å². The van der Waals surface area contributed by atoms with Crippen LogP contribution in [0.4, 0.5) is 0 Å². The van der Waals surface area contributed by atoms with Crippen molar-refractivity contribution >= 4 is 12.0 Å². The Balaban J connectivity index is 2.07. The maximum absolute atomic E-state index is 11.9. The number of carbonyl (C=O) groups is 1. The Hall–Kier alpha value is -2.13. The molecule has 1 unspecified atom stereocenters. The third kappa shape index (κ3) is 3.01. The lowest BCUT2D eigenvalue weighted by Gasteiger charge is -2.19. The van der Waals surface area contributed by atoms with E-state index in [1.807, 2.05) is 24.3 Å². The van der Waals surface area contributed by atoms with Gasteiger partial charge in [0.25, 0.3) is 0 Å². The SMILES string of the molecule is COc1ccc(CN2CC(C)(N=C=O)CC2=O)cc1. The van der Waals surface area contributed by atoms with Gasteiger partial charge in [-0.15, -0.1) is 0 Å². The van der Waals surface area contributed by atoms with E-state index >= 15 is 0 Å². The summed E-state index contributed by atoms with van der Waals surface area (Å²) in [6.45, 7) is 2.77. The maximum atomic E-state index is 11.9. The minimum Gasteiger partial charge on any atom is -0.497 e. The van der Waals surface area contributed by atoms with Gasteiger partial charge in [-0.25, -0.2) is 4.79 Å². The van der Waals surface area contributed by atoms with Crippen molar-refractivity contribution in [1.82, 2.24) is 4.90 Å². The van der Waals surface area contributed by atoms with Gasteiger partial charge in [0.05, 0.1) is 19.1 Å². The first kappa shape index (κ1) is 13.3. The van der Waals surface area contributed by atoms with E-state index in [1.54, 1.807) is 25.0 Å². The van der Waals surface area contributed by atoms with E-state index in [0.717, 1.165) is 11.3 Å². The summed E-state index contributed by atoms with van der Waals surface area (Å²) in [6.07, 6.45) is 1.81. The number of rotatable bonds is 4. The molecule has 1 aliphatic rings. The van der Waals surface area contributed by atoms with Gasteiger partial charge in [-0.3, -0.25) is 4.79 Å². The summed E-state index contributed by atoms with van der Waals surface area (Å²) >= 11 is 0. The molecule has 5 nitrogen and oxygen atoms in total. The minimum absolute atomic E-state index is 0.0114. The van der Waals surface area contributed by atoms with Crippen LogP contribution in [-0.2, 0) is 16.1 Å². The zero-order valence-electron chi connectivity index (χ0n) is 11.0. The van der Waals surface area contributed by atoms with Crippen LogP contribution >= 0.6 is 0 Å². The standard InChI is InChI=1S/C14H16N2O3/c1-14(15-10-17)7-13(18)16(9-14)8-11-3-5-12(19-2)6-4-11/h3-6H,7-9H2,1-2H3. The number of ether oxygens (including phenoxy) is 1. The lowest BCUT2D eigenvalue weighted by molar-refractivity contribution is -0.128. The molecule has 19 heavy (non-hydrogen) atoms. The Bertz CT molecular complexity index is 520. The fourth-order valence-corrected chi connectivity index (χ4v) is 2.27. The third-order valence-electron chi connectivity index (χ3n) is 3.26. The van der Waals surface area contributed by atoms with Crippen LogP contribution in [-0.4, -0.2) is 36.1 Å². The summed E-state index contributed by atoms with van der Waals surface area (Å²) in [6, 6.07) is 7.56. The molecular formula is C14H16N2O3. The molecule has 1 atom stereocenters. The van der Waals surface area contributed by atoms with Crippen molar-refractivity contribution in [2.24, 2.45) is 4.99 Å². The Morgan fingerprint density at radius 1 is 1.42 bits per heavy atom. The number of methoxy groups -OCH3 is 1. The van der Waals surface area contributed by atoms with E-state index in [4.69, 9.17) is 4.74 Å². The molecule has 0 aromatic heterocycles. The molecule has 1 aromatic carbocycles. The highest BCUT2D eigenvalue weighted by atomic mass is 16.5. The van der Waals surface area contributed by atoms with Gasteiger partial charge in [-0.05, 0) is 24.6 Å². The second-order valence-electron chi connectivity index (χ2n) is 4.97. The zero-order valence-corrected chi connectivity index (χ0v) is 11.0. The molecule has 1 saturated heterocycles. The van der Waals surface area contributed by atoms with Gasteiger partial charge in [-0.1, -0.05) is 12.1 Å². The highest BCUT2D eigenvalue weighted by Gasteiger charge is 2.39. The van der Waals surface area contributed by atoms with Crippen LogP contribution in [0.15, 0.2) is 29.3 Å². The van der Waals surface area contributed by atoms with Crippen molar-refractivity contribution in [3.8, 4) is 5.75 Å². The third-order valence-corrected chi connectivity index (χ3v) is 3.26. The Morgan fingerprint density at radius 2 is 2.11 bits per heavy atom. The van der Waals surface area contributed by atoms with E-state index in [-0.39, 0.29) is 12.3 Å². The van der Waals surface area contributed by atoms with Crippen molar-refractivity contribution < 1.29 is 14.3 Å². The van der Waals surface area contributed by atoms with E-state index in [0.29, 0.717) is 13.1 Å². The molecule has 2 rings (SSSR count). The normalized spacial score (nSPS) is 22.2. The molecule has 5 heteroatoms. The molecular weight excluding hydrogens is 244 g/mol. The van der Waals surface area contributed by atoms with Gasteiger partial charge >= 0.3 is 0 Å². The average molecular weight is 260 g/mol. The smallest absolute Gasteiger partial charge is 0.235 e. The van der Waals surface area contributed by atoms with Crippen LogP contribution < -0.4 is 4.74 Å². The topological polar surface area (TPSA) is 59.0 Å². The summed E-state index contributed by atoms with van der Waals surface area (Å²) < 4.78 is 5.09. The fraction of sp³-hybridized carbons (Fsp3) is 0.429. The maximum Gasteiger partial charge on any atom is 0.235 e. The molecule has 1 amide bonds. The molecule has 100 valence electrons. The second kappa shape index (κ2) is 5.24. The molecule has 0 spiro atoms. The molecule has 1 aliphatic heterocycles. The quantitative estimate of drug-likeness (QED) is 0.609. The average Bonchev–Trinajstić information content (AvgIpc) is 2.65. The first-order valence-electron chi connectivity index (χ1n) is 6.06. The van der Waals surface area contributed by atoms with Gasteiger partial charge in [0, 0.05) is 13.1 Å². The van der Waals surface area contributed by atoms with Gasteiger partial charge < -0.3 is 9.64 Å². The first-order valence-corrected chi connectivity index (χ1v) is 6.06. The number of likely N-dealkylation sites (tertiary alicyclic amines) is 1. The number of amides is 1. The number of hydrogen-bond donors (Lipinski definition) is 0. The predicted molar refractivity (Wildman–Crippen MR) is 69.6 cm³/mol. The van der Waals surface area contributed by atoms with Gasteiger partial charge in [-0.2, -0.15) is 4.99 Å². The summed E-state index contributed by atoms with van der Waals surface area (Å²) in [4.78, 5) is 27.7. The number of isocyanates is 1. The van der Waals surface area contributed by atoms with E-state index in [2.05, 4.69) is 4.99 Å². The van der Waals surface area contributed by atoms with Crippen LogP contribution in [0.3, 0.4) is 0 Å². The zero-order chi connectivity index (χ0) is 13.9. The van der Waals surface area contributed by atoms with Gasteiger partial charge in [0.2, 0.25) is 12.0 Å². The van der Waals surface area contributed by atoms with Crippen molar-refractivity contribution in [3.05, 3.63) is 29.8 Å². The first-order chi connectivity index (χ1) is 9.06. The van der Waals surface area contributed by atoms with E-state index in [9.17, 15) is 9.59 Å². The molecule has 0 radical (unpaired) electrons. The Morgan fingerprint density at radius 3 is 2.68 bits per heavy atom. The molecule has 0 aliphatic carbocycles. The second-order valence-corrected chi connectivity index (χ2v) is 4.97. The Kier molecular flexibility index (Phi) is 3.67. The summed E-state index contributed by atoms with van der Waals surface area (Å²) in [5.74, 6) is 0.796. The van der Waals surface area contributed by atoms with Crippen LogP contribution in [0.2, 0.25) is 0 Å². The largest absolute Gasteiger partial charge is 0.497 e. The lowest BCUT2D eigenvalue weighted by atomic mass is 10.0. The summed E-state index contributed by atoms with van der Waals surface area (Å²) in [7, 11) is 1.61. The molecule has 0 bridgehead atoms. The molecule has 0 saturated carbocycles. The number of benzene rings is 1. The molecule has 0 N–H and O–H groups in total. The molecule has 1 aromatic rings. The van der Waals surface area contributed by atoms with Crippen molar-refractivity contribution in [2.75, 3.05) is 13.7 Å². The number of aliphatic imine (C=N–C) groups is 1. The van der Waals surface area contributed by atoms with Crippen molar-refractivity contribution in [1.29, 1.82) is 0 Å². The highest BCUT2D eigenvalue weighted by Crippen LogP contribution is 2.27. The van der Waals surface area contributed by atoms with Gasteiger partial charge in [0.1, 0.15) is 5.75 Å². The monoisotopic (exact) mass is 260 g/mol. The minimum atomic E-state index is -0.634. The van der Waals surface area contributed by atoms with Crippen molar-refractivity contribution in [3.63, 3.8) is 0 Å². The fourth-order valence-electron chi connectivity index (χ4n) is 2.27. The highest BCUT2D eigenvalue weighted by molar-refractivity contribution is 5.80. The number of hydrogen-bond acceptors (Lipinski definition) is 4. The summed E-state index contributed by atoms with van der Waals surface area (Å²) in [5.41, 5.74) is 0.388. The van der Waals surface area contributed by atoms with Crippen LogP contribution in [0, 0.1) is 0 Å². The van der Waals surface area contributed by atoms with Gasteiger partial charge in [0.15, 0.2) is 0 Å². The van der Waals surface area contributed by atoms with E-state index in [1.165, 1.54) is 0 Å². The summed E-state index contributed by atoms with van der Waals surface area (Å²) in [5, 5.41) is 0. The number of carbonyl (C=O) groups excluding carboxylic acids is 2. The molecule has 1 fully saturated rings. The van der Waals surface area contributed by atoms with Crippen LogP contribution in [0.1, 0.15) is 18.9 Å². The van der Waals surface area contributed by atoms with Crippen molar-refractivity contribution in [2.45, 2.75) is 25.4 Å².